The van der Waals surface area contributed by atoms with Gasteiger partial charge in [0.2, 0.25) is 0 Å². The second-order valence-electron chi connectivity index (χ2n) is 4.94. The third-order valence-electron chi connectivity index (χ3n) is 3.62. The van der Waals surface area contributed by atoms with Crippen LogP contribution in [0.4, 0.5) is 0 Å². The lowest BCUT2D eigenvalue weighted by molar-refractivity contribution is -0.136. The number of carbonyl (C=O) groups is 1. The summed E-state index contributed by atoms with van der Waals surface area (Å²) in [6.45, 7) is 1.34. The molecule has 2 rings (SSSR count). The molecule has 5 nitrogen and oxygen atoms in total. The predicted molar refractivity (Wildman–Crippen MR) is 76.9 cm³/mol. The number of methoxy groups -OCH3 is 1. The molecular weight excluding hydrogens is 256 g/mol. The highest BCUT2D eigenvalue weighted by Gasteiger charge is 2.25. The van der Waals surface area contributed by atoms with Gasteiger partial charge in [-0.1, -0.05) is 6.07 Å². The number of hydrogen-bond donors (Lipinski definition) is 1. The molecule has 5 heteroatoms. The van der Waals surface area contributed by atoms with Crippen LogP contribution in [0.15, 0.2) is 24.3 Å². The molecule has 0 aromatic heterocycles. The number of likely N-dealkylation sites (tertiary alicyclic amines) is 1. The van der Waals surface area contributed by atoms with Gasteiger partial charge in [-0.2, -0.15) is 0 Å². The van der Waals surface area contributed by atoms with E-state index in [0.29, 0.717) is 18.0 Å². The highest BCUT2D eigenvalue weighted by atomic mass is 16.5. The summed E-state index contributed by atoms with van der Waals surface area (Å²) in [6.07, 6.45) is 3.17. The van der Waals surface area contributed by atoms with Crippen LogP contribution in [0.25, 0.3) is 0 Å². The molecule has 1 unspecified atom stereocenters. The number of carbonyl (C=O) groups excluding carboxylic acids is 1. The first-order chi connectivity index (χ1) is 9.74. The molecule has 1 atom stereocenters. The molecule has 2 N–H and O–H groups in total. The average molecular weight is 278 g/mol. The van der Waals surface area contributed by atoms with E-state index in [2.05, 4.69) is 0 Å². The first-order valence-corrected chi connectivity index (χ1v) is 7.01. The summed E-state index contributed by atoms with van der Waals surface area (Å²) >= 11 is 0. The lowest BCUT2D eigenvalue weighted by atomic mass is 10.0. The van der Waals surface area contributed by atoms with Gasteiger partial charge >= 0.3 is 0 Å². The van der Waals surface area contributed by atoms with Gasteiger partial charge in [-0.05, 0) is 31.4 Å². The molecule has 0 radical (unpaired) electrons. The van der Waals surface area contributed by atoms with E-state index in [1.165, 1.54) is 0 Å². The molecule has 1 fully saturated rings. The van der Waals surface area contributed by atoms with Crippen molar-refractivity contribution in [2.75, 3.05) is 26.8 Å². The summed E-state index contributed by atoms with van der Waals surface area (Å²) in [7, 11) is 1.60. The Kier molecular flexibility index (Phi) is 5.24. The Morgan fingerprint density at radius 3 is 2.95 bits per heavy atom. The van der Waals surface area contributed by atoms with Crippen molar-refractivity contribution in [1.82, 2.24) is 4.90 Å². The summed E-state index contributed by atoms with van der Waals surface area (Å²) in [5.41, 5.74) is 5.73. The van der Waals surface area contributed by atoms with Gasteiger partial charge in [0.05, 0.1) is 7.11 Å². The molecule has 1 aromatic rings. The highest BCUT2D eigenvalue weighted by Crippen LogP contribution is 2.20. The molecule has 1 aliphatic heterocycles. The number of nitrogens with zero attached hydrogens (tertiary/aromatic N) is 1. The van der Waals surface area contributed by atoms with E-state index in [4.69, 9.17) is 15.2 Å². The van der Waals surface area contributed by atoms with Crippen LogP contribution in [0.2, 0.25) is 0 Å². The van der Waals surface area contributed by atoms with Crippen molar-refractivity contribution in [2.24, 2.45) is 5.73 Å². The van der Waals surface area contributed by atoms with Crippen LogP contribution in [0.1, 0.15) is 19.3 Å². The van der Waals surface area contributed by atoms with Crippen molar-refractivity contribution in [3.05, 3.63) is 24.3 Å². The lowest BCUT2D eigenvalue weighted by Crippen LogP contribution is -2.49. The van der Waals surface area contributed by atoms with Crippen LogP contribution >= 0.6 is 0 Å². The summed E-state index contributed by atoms with van der Waals surface area (Å²) in [5, 5.41) is 0. The number of benzene rings is 1. The van der Waals surface area contributed by atoms with Crippen LogP contribution in [-0.2, 0) is 4.79 Å². The largest absolute Gasteiger partial charge is 0.497 e. The standard InChI is InChI=1S/C15H22N2O3/c1-19-13-6-4-7-14(9-13)20-11-15(18)17-8-3-2-5-12(17)10-16/h4,6-7,9,12H,2-3,5,8,10-11,16H2,1H3. The molecule has 1 aliphatic rings. The van der Waals surface area contributed by atoms with Crippen LogP contribution in [0.3, 0.4) is 0 Å². The maximum atomic E-state index is 12.2. The number of piperidine rings is 1. The van der Waals surface area contributed by atoms with Crippen molar-refractivity contribution in [3.8, 4) is 11.5 Å². The fraction of sp³-hybridized carbons (Fsp3) is 0.533. The van der Waals surface area contributed by atoms with Crippen molar-refractivity contribution >= 4 is 5.91 Å². The molecule has 1 aromatic carbocycles. The first-order valence-electron chi connectivity index (χ1n) is 7.01. The van der Waals surface area contributed by atoms with Crippen molar-refractivity contribution in [1.29, 1.82) is 0 Å². The maximum Gasteiger partial charge on any atom is 0.260 e. The Balaban J connectivity index is 1.90. The molecule has 20 heavy (non-hydrogen) atoms. The SMILES string of the molecule is COc1cccc(OCC(=O)N2CCCCC2CN)c1. The predicted octanol–water partition coefficient (Wildman–Crippen LogP) is 1.41. The number of ether oxygens (including phenoxy) is 2. The van der Waals surface area contributed by atoms with E-state index in [9.17, 15) is 4.79 Å². The Labute approximate surface area is 119 Å². The quantitative estimate of drug-likeness (QED) is 0.884. The highest BCUT2D eigenvalue weighted by molar-refractivity contribution is 5.78. The summed E-state index contributed by atoms with van der Waals surface area (Å²) < 4.78 is 10.7. The second kappa shape index (κ2) is 7.14. The summed E-state index contributed by atoms with van der Waals surface area (Å²) in [4.78, 5) is 14.1. The van der Waals surface area contributed by atoms with Gasteiger partial charge in [0, 0.05) is 25.2 Å². The zero-order chi connectivity index (χ0) is 14.4. The minimum absolute atomic E-state index is 0.00275. The van der Waals surface area contributed by atoms with E-state index < -0.39 is 0 Å². The van der Waals surface area contributed by atoms with Crippen molar-refractivity contribution in [2.45, 2.75) is 25.3 Å². The molecule has 1 amide bonds. The van der Waals surface area contributed by atoms with E-state index in [1.54, 1.807) is 13.2 Å². The Morgan fingerprint density at radius 1 is 1.40 bits per heavy atom. The summed E-state index contributed by atoms with van der Waals surface area (Å²) in [5.74, 6) is 1.36. The first kappa shape index (κ1) is 14.7. The number of nitrogens with two attached hydrogens (primary N) is 1. The van der Waals surface area contributed by atoms with Crippen LogP contribution in [0, 0.1) is 0 Å². The minimum atomic E-state index is 0.00275. The molecule has 1 saturated heterocycles. The van der Waals surface area contributed by atoms with E-state index in [-0.39, 0.29) is 18.6 Å². The van der Waals surface area contributed by atoms with E-state index in [1.807, 2.05) is 23.1 Å². The van der Waals surface area contributed by atoms with Crippen LogP contribution in [0.5, 0.6) is 11.5 Å². The Morgan fingerprint density at radius 2 is 2.20 bits per heavy atom. The zero-order valence-electron chi connectivity index (χ0n) is 11.9. The zero-order valence-corrected chi connectivity index (χ0v) is 11.9. The monoisotopic (exact) mass is 278 g/mol. The lowest BCUT2D eigenvalue weighted by Gasteiger charge is -2.34. The maximum absolute atomic E-state index is 12.2. The third-order valence-corrected chi connectivity index (χ3v) is 3.62. The van der Waals surface area contributed by atoms with Gasteiger partial charge in [-0.3, -0.25) is 4.79 Å². The molecule has 1 heterocycles. The topological polar surface area (TPSA) is 64.8 Å². The van der Waals surface area contributed by atoms with E-state index >= 15 is 0 Å². The van der Waals surface area contributed by atoms with Gasteiger partial charge in [-0.15, -0.1) is 0 Å². The normalized spacial score (nSPS) is 18.7. The van der Waals surface area contributed by atoms with Gasteiger partial charge in [0.15, 0.2) is 6.61 Å². The van der Waals surface area contributed by atoms with Gasteiger partial charge in [-0.25, -0.2) is 0 Å². The molecule has 0 saturated carbocycles. The van der Waals surface area contributed by atoms with Crippen LogP contribution < -0.4 is 15.2 Å². The van der Waals surface area contributed by atoms with Gasteiger partial charge in [0.1, 0.15) is 11.5 Å². The number of amides is 1. The number of rotatable bonds is 5. The Bertz CT molecular complexity index is 450. The third kappa shape index (κ3) is 3.63. The number of hydrogen-bond acceptors (Lipinski definition) is 4. The average Bonchev–Trinajstić information content (AvgIpc) is 2.52. The molecule has 0 spiro atoms. The van der Waals surface area contributed by atoms with Crippen LogP contribution in [-0.4, -0.2) is 43.7 Å². The van der Waals surface area contributed by atoms with E-state index in [0.717, 1.165) is 25.8 Å². The fourth-order valence-corrected chi connectivity index (χ4v) is 2.49. The summed E-state index contributed by atoms with van der Waals surface area (Å²) in [6, 6.07) is 7.41. The molecule has 110 valence electrons. The minimum Gasteiger partial charge on any atom is -0.497 e. The molecular formula is C15H22N2O3. The fourth-order valence-electron chi connectivity index (χ4n) is 2.49. The van der Waals surface area contributed by atoms with Gasteiger partial charge in [0.25, 0.3) is 5.91 Å². The smallest absolute Gasteiger partial charge is 0.260 e. The van der Waals surface area contributed by atoms with Gasteiger partial charge < -0.3 is 20.1 Å². The van der Waals surface area contributed by atoms with Crippen molar-refractivity contribution in [3.63, 3.8) is 0 Å². The molecule has 0 aliphatic carbocycles. The molecule has 0 bridgehead atoms. The Hall–Kier alpha value is -1.75. The second-order valence-corrected chi connectivity index (χ2v) is 4.94. The van der Waals surface area contributed by atoms with Crippen molar-refractivity contribution < 1.29 is 14.3 Å².